The van der Waals surface area contributed by atoms with Crippen LogP contribution in [0.2, 0.25) is 5.02 Å². The molecule has 2 aromatic carbocycles. The number of anilines is 5. The fourth-order valence-electron chi connectivity index (χ4n) is 2.78. The highest BCUT2D eigenvalue weighted by Gasteiger charge is 2.10. The molecule has 1 atom stereocenters. The second kappa shape index (κ2) is 12.1. The quantitative estimate of drug-likeness (QED) is 0.249. The Hall–Kier alpha value is -3.50. The molecule has 0 spiro atoms. The molecule has 3 aromatic rings. The van der Waals surface area contributed by atoms with Crippen molar-refractivity contribution >= 4 is 57.1 Å². The van der Waals surface area contributed by atoms with Crippen LogP contribution in [0, 0.1) is 5.82 Å². The SMILES string of the molecule is C=CC(=O)Nc1cccc(Nc2nc(Nc3ccc(Cl)c(OCCCS(C)=O)c3)ncc2F)c1. The average molecular weight is 504 g/mol. The van der Waals surface area contributed by atoms with Crippen LogP contribution in [0.4, 0.5) is 33.2 Å². The molecule has 0 aliphatic rings. The Morgan fingerprint density at radius 2 is 1.97 bits per heavy atom. The van der Waals surface area contributed by atoms with Crippen LogP contribution >= 0.6 is 11.6 Å². The van der Waals surface area contributed by atoms with Gasteiger partial charge in [0.15, 0.2) is 11.6 Å². The number of amides is 1. The maximum Gasteiger partial charge on any atom is 0.247 e. The number of rotatable bonds is 11. The Bertz CT molecular complexity index is 1210. The highest BCUT2D eigenvalue weighted by atomic mass is 35.5. The van der Waals surface area contributed by atoms with E-state index in [-0.39, 0.29) is 17.7 Å². The Morgan fingerprint density at radius 1 is 1.21 bits per heavy atom. The lowest BCUT2D eigenvalue weighted by Gasteiger charge is -2.12. The predicted octanol–water partition coefficient (Wildman–Crippen LogP) is 5.03. The third-order valence-corrected chi connectivity index (χ3v) is 5.52. The van der Waals surface area contributed by atoms with Crippen LogP contribution in [0.5, 0.6) is 5.75 Å². The third-order valence-electron chi connectivity index (χ3n) is 4.34. The van der Waals surface area contributed by atoms with E-state index in [1.807, 2.05) is 0 Å². The van der Waals surface area contributed by atoms with Gasteiger partial charge in [0.2, 0.25) is 11.9 Å². The van der Waals surface area contributed by atoms with Gasteiger partial charge < -0.3 is 20.7 Å². The molecule has 0 aliphatic carbocycles. The molecule has 178 valence electrons. The molecule has 1 amide bonds. The predicted molar refractivity (Wildman–Crippen MR) is 134 cm³/mol. The van der Waals surface area contributed by atoms with Crippen molar-refractivity contribution < 1.29 is 18.1 Å². The summed E-state index contributed by atoms with van der Waals surface area (Å²) in [6, 6.07) is 11.8. The van der Waals surface area contributed by atoms with Gasteiger partial charge in [0.05, 0.1) is 17.8 Å². The van der Waals surface area contributed by atoms with E-state index in [4.69, 9.17) is 16.3 Å². The molecule has 0 aliphatic heterocycles. The number of carbonyl (C=O) groups is 1. The summed E-state index contributed by atoms with van der Waals surface area (Å²) in [5.41, 5.74) is 1.62. The zero-order chi connectivity index (χ0) is 24.5. The van der Waals surface area contributed by atoms with Gasteiger partial charge in [0.1, 0.15) is 5.75 Å². The first kappa shape index (κ1) is 25.1. The molecule has 8 nitrogen and oxygen atoms in total. The van der Waals surface area contributed by atoms with Crippen molar-refractivity contribution in [3.8, 4) is 5.75 Å². The van der Waals surface area contributed by atoms with Crippen molar-refractivity contribution in [3.05, 3.63) is 72.2 Å². The Balaban J connectivity index is 1.71. The Kier molecular flexibility index (Phi) is 8.94. The number of halogens is 2. The summed E-state index contributed by atoms with van der Waals surface area (Å²) >= 11 is 6.20. The molecule has 0 saturated heterocycles. The first-order chi connectivity index (χ1) is 16.3. The summed E-state index contributed by atoms with van der Waals surface area (Å²) in [5.74, 6) is 0.0750. The minimum atomic E-state index is -0.884. The summed E-state index contributed by atoms with van der Waals surface area (Å²) < 4.78 is 31.2. The van der Waals surface area contributed by atoms with Gasteiger partial charge in [-0.05, 0) is 42.8 Å². The lowest BCUT2D eigenvalue weighted by atomic mass is 10.2. The molecule has 3 rings (SSSR count). The summed E-state index contributed by atoms with van der Waals surface area (Å²) in [5, 5.41) is 8.94. The smallest absolute Gasteiger partial charge is 0.247 e. The number of hydrogen-bond acceptors (Lipinski definition) is 7. The molecule has 1 unspecified atom stereocenters. The van der Waals surface area contributed by atoms with Crippen LogP contribution in [0.25, 0.3) is 0 Å². The van der Waals surface area contributed by atoms with Crippen LogP contribution in [-0.4, -0.2) is 38.7 Å². The lowest BCUT2D eigenvalue weighted by molar-refractivity contribution is -0.111. The van der Waals surface area contributed by atoms with Crippen LogP contribution in [-0.2, 0) is 15.6 Å². The maximum absolute atomic E-state index is 14.3. The second-order valence-electron chi connectivity index (χ2n) is 7.04. The van der Waals surface area contributed by atoms with Gasteiger partial charge >= 0.3 is 0 Å². The monoisotopic (exact) mass is 503 g/mol. The van der Waals surface area contributed by atoms with Gasteiger partial charge in [-0.2, -0.15) is 4.98 Å². The van der Waals surface area contributed by atoms with Gasteiger partial charge in [0, 0.05) is 45.9 Å². The number of carbonyl (C=O) groups excluding carboxylic acids is 1. The highest BCUT2D eigenvalue weighted by Crippen LogP contribution is 2.29. The fourth-order valence-corrected chi connectivity index (χ4v) is 3.48. The summed E-state index contributed by atoms with van der Waals surface area (Å²) in [6.07, 6.45) is 4.47. The van der Waals surface area contributed by atoms with Crippen molar-refractivity contribution in [2.75, 3.05) is 34.6 Å². The van der Waals surface area contributed by atoms with E-state index >= 15 is 0 Å². The molecular weight excluding hydrogens is 481 g/mol. The summed E-state index contributed by atoms with van der Waals surface area (Å²) in [4.78, 5) is 19.7. The van der Waals surface area contributed by atoms with Crippen molar-refractivity contribution in [2.45, 2.75) is 6.42 Å². The topological polar surface area (TPSA) is 105 Å². The van der Waals surface area contributed by atoms with E-state index in [9.17, 15) is 13.4 Å². The normalized spacial score (nSPS) is 11.4. The van der Waals surface area contributed by atoms with Crippen molar-refractivity contribution in [1.82, 2.24) is 9.97 Å². The third kappa shape index (κ3) is 7.53. The van der Waals surface area contributed by atoms with Gasteiger partial charge in [-0.25, -0.2) is 9.37 Å². The van der Waals surface area contributed by atoms with E-state index in [1.165, 1.54) is 0 Å². The standard InChI is InChI=1S/C23H23ClFN5O3S/c1-3-21(31)27-15-6-4-7-16(12-15)28-22-19(25)14-26-23(30-22)29-17-8-9-18(24)20(13-17)33-10-5-11-34(2)32/h3-4,6-9,12-14H,1,5,10-11H2,2H3,(H,27,31)(H2,26,28,29,30). The molecule has 11 heteroatoms. The first-order valence-electron chi connectivity index (χ1n) is 10.2. The average Bonchev–Trinajstić information content (AvgIpc) is 2.81. The van der Waals surface area contributed by atoms with Crippen LogP contribution in [0.15, 0.2) is 61.3 Å². The van der Waals surface area contributed by atoms with E-state index in [0.29, 0.717) is 46.6 Å². The van der Waals surface area contributed by atoms with Gasteiger partial charge in [-0.15, -0.1) is 0 Å². The van der Waals surface area contributed by atoms with Crippen molar-refractivity contribution in [1.29, 1.82) is 0 Å². The zero-order valence-corrected chi connectivity index (χ0v) is 19.9. The molecule has 0 saturated carbocycles. The second-order valence-corrected chi connectivity index (χ2v) is 9.00. The molecule has 1 heterocycles. The van der Waals surface area contributed by atoms with Crippen LogP contribution < -0.4 is 20.7 Å². The first-order valence-corrected chi connectivity index (χ1v) is 12.3. The molecule has 0 fully saturated rings. The van der Waals surface area contributed by atoms with E-state index in [1.54, 1.807) is 48.7 Å². The molecule has 3 N–H and O–H groups in total. The minimum Gasteiger partial charge on any atom is -0.492 e. The van der Waals surface area contributed by atoms with E-state index < -0.39 is 16.6 Å². The minimum absolute atomic E-state index is 0.0531. The molecule has 0 bridgehead atoms. The van der Waals surface area contributed by atoms with Gasteiger partial charge in [0.25, 0.3) is 0 Å². The van der Waals surface area contributed by atoms with E-state index in [2.05, 4.69) is 32.5 Å². The molecule has 1 aromatic heterocycles. The number of nitrogens with zero attached hydrogens (tertiary/aromatic N) is 2. The Morgan fingerprint density at radius 3 is 2.74 bits per heavy atom. The van der Waals surface area contributed by atoms with Crippen molar-refractivity contribution in [2.24, 2.45) is 0 Å². The maximum atomic E-state index is 14.3. The molecular formula is C23H23ClFN5O3S. The highest BCUT2D eigenvalue weighted by molar-refractivity contribution is 7.84. The molecule has 34 heavy (non-hydrogen) atoms. The number of benzene rings is 2. The molecule has 0 radical (unpaired) electrons. The number of aromatic nitrogens is 2. The van der Waals surface area contributed by atoms with Gasteiger partial charge in [-0.3, -0.25) is 9.00 Å². The van der Waals surface area contributed by atoms with Crippen LogP contribution in [0.3, 0.4) is 0 Å². The summed E-state index contributed by atoms with van der Waals surface area (Å²) in [7, 11) is -0.884. The van der Waals surface area contributed by atoms with Gasteiger partial charge in [-0.1, -0.05) is 24.2 Å². The lowest BCUT2D eigenvalue weighted by Crippen LogP contribution is -2.07. The number of ether oxygens (including phenoxy) is 1. The fraction of sp³-hybridized carbons (Fsp3) is 0.174. The Labute approximate surface area is 204 Å². The van der Waals surface area contributed by atoms with Crippen molar-refractivity contribution in [3.63, 3.8) is 0 Å². The number of nitrogens with one attached hydrogen (secondary N) is 3. The van der Waals surface area contributed by atoms with Crippen LogP contribution in [0.1, 0.15) is 6.42 Å². The van der Waals surface area contributed by atoms with E-state index in [0.717, 1.165) is 12.3 Å². The summed E-state index contributed by atoms with van der Waals surface area (Å²) in [6.45, 7) is 3.78. The largest absolute Gasteiger partial charge is 0.492 e. The number of hydrogen-bond donors (Lipinski definition) is 3. The zero-order valence-electron chi connectivity index (χ0n) is 18.3.